The van der Waals surface area contributed by atoms with Crippen LogP contribution >= 0.6 is 0 Å². The number of aliphatic carboxylic acids is 1. The van der Waals surface area contributed by atoms with Crippen molar-refractivity contribution >= 4 is 11.9 Å². The number of amides is 1. The van der Waals surface area contributed by atoms with Crippen LogP contribution in [0.2, 0.25) is 0 Å². The Labute approximate surface area is 95.1 Å². The Morgan fingerprint density at radius 1 is 1.31 bits per heavy atom. The average molecular weight is 229 g/mol. The summed E-state index contributed by atoms with van der Waals surface area (Å²) in [5.41, 5.74) is 0. The van der Waals surface area contributed by atoms with E-state index in [2.05, 4.69) is 0 Å². The molecule has 1 aliphatic rings. The Morgan fingerprint density at radius 2 is 2.06 bits per heavy atom. The van der Waals surface area contributed by atoms with Crippen molar-refractivity contribution in [3.63, 3.8) is 0 Å². The summed E-state index contributed by atoms with van der Waals surface area (Å²) in [6, 6.07) is 0. The van der Waals surface area contributed by atoms with Crippen LogP contribution in [0.5, 0.6) is 0 Å². The molecule has 1 saturated heterocycles. The predicted molar refractivity (Wildman–Crippen MR) is 57.9 cm³/mol. The Balaban J connectivity index is 2.20. The van der Waals surface area contributed by atoms with Gasteiger partial charge in [0.05, 0.1) is 0 Å². The first-order valence-corrected chi connectivity index (χ1v) is 5.74. The molecule has 1 fully saturated rings. The van der Waals surface area contributed by atoms with Crippen molar-refractivity contribution in [1.82, 2.24) is 4.90 Å². The van der Waals surface area contributed by atoms with Crippen molar-refractivity contribution in [3.05, 3.63) is 0 Å². The number of likely N-dealkylation sites (tertiary alicyclic amines) is 1. The predicted octanol–water partition coefficient (Wildman–Crippen LogP) is 0.472. The first kappa shape index (κ1) is 13.0. The van der Waals surface area contributed by atoms with E-state index >= 15 is 0 Å². The zero-order valence-electron chi connectivity index (χ0n) is 9.39. The normalized spacial score (nSPS) is 20.1. The van der Waals surface area contributed by atoms with Crippen molar-refractivity contribution in [3.8, 4) is 0 Å². The summed E-state index contributed by atoms with van der Waals surface area (Å²) < 4.78 is 0. The van der Waals surface area contributed by atoms with Gasteiger partial charge < -0.3 is 15.1 Å². The lowest BCUT2D eigenvalue weighted by Crippen LogP contribution is -2.28. The fourth-order valence-corrected chi connectivity index (χ4v) is 2.03. The molecule has 1 heterocycles. The summed E-state index contributed by atoms with van der Waals surface area (Å²) in [5.74, 6) is -0.400. The second-order valence-corrected chi connectivity index (χ2v) is 4.25. The first-order chi connectivity index (χ1) is 7.63. The van der Waals surface area contributed by atoms with Crippen LogP contribution in [0.4, 0.5) is 0 Å². The molecular formula is C11H19NO4. The minimum Gasteiger partial charge on any atom is -0.481 e. The van der Waals surface area contributed by atoms with Gasteiger partial charge in [0.25, 0.3) is 0 Å². The van der Waals surface area contributed by atoms with E-state index < -0.39 is 5.97 Å². The van der Waals surface area contributed by atoms with Crippen LogP contribution < -0.4 is 0 Å². The van der Waals surface area contributed by atoms with E-state index in [0.29, 0.717) is 25.3 Å². The van der Waals surface area contributed by atoms with Gasteiger partial charge in [-0.1, -0.05) is 0 Å². The van der Waals surface area contributed by atoms with Gasteiger partial charge in [-0.3, -0.25) is 9.59 Å². The summed E-state index contributed by atoms with van der Waals surface area (Å²) >= 11 is 0. The zero-order valence-corrected chi connectivity index (χ0v) is 9.39. The van der Waals surface area contributed by atoms with Gasteiger partial charge in [0.15, 0.2) is 0 Å². The lowest BCUT2D eigenvalue weighted by Gasteiger charge is -2.16. The van der Waals surface area contributed by atoms with Crippen LogP contribution in [0.25, 0.3) is 0 Å². The lowest BCUT2D eigenvalue weighted by atomic mass is 10.1. The molecule has 0 aromatic heterocycles. The number of carboxylic acid groups (broad SMARTS) is 1. The van der Waals surface area contributed by atoms with Crippen LogP contribution in [0.3, 0.4) is 0 Å². The third-order valence-electron chi connectivity index (χ3n) is 2.96. The van der Waals surface area contributed by atoms with Crippen LogP contribution in [-0.2, 0) is 9.59 Å². The maximum atomic E-state index is 11.6. The highest BCUT2D eigenvalue weighted by atomic mass is 16.4. The molecule has 0 aromatic carbocycles. The van der Waals surface area contributed by atoms with Crippen molar-refractivity contribution in [2.45, 2.75) is 32.1 Å². The fourth-order valence-electron chi connectivity index (χ4n) is 2.03. The maximum absolute atomic E-state index is 11.6. The first-order valence-electron chi connectivity index (χ1n) is 5.74. The molecule has 1 rings (SSSR count). The summed E-state index contributed by atoms with van der Waals surface area (Å²) in [4.78, 5) is 23.7. The van der Waals surface area contributed by atoms with Crippen LogP contribution in [0.1, 0.15) is 32.1 Å². The van der Waals surface area contributed by atoms with E-state index in [1.165, 1.54) is 0 Å². The molecule has 1 amide bonds. The number of rotatable bonds is 6. The number of nitrogens with zero attached hydrogens (tertiary/aromatic N) is 1. The second kappa shape index (κ2) is 6.48. The molecule has 0 aromatic rings. The number of carbonyl (C=O) groups is 2. The molecule has 16 heavy (non-hydrogen) atoms. The quantitative estimate of drug-likeness (QED) is 0.694. The van der Waals surface area contributed by atoms with Crippen molar-refractivity contribution in [1.29, 1.82) is 0 Å². The third kappa shape index (κ3) is 4.18. The minimum absolute atomic E-state index is 0.0432. The molecule has 1 atom stereocenters. The summed E-state index contributed by atoms with van der Waals surface area (Å²) in [7, 11) is 0. The highest BCUT2D eigenvalue weighted by Crippen LogP contribution is 2.20. The fraction of sp³-hybridized carbons (Fsp3) is 0.818. The molecular weight excluding hydrogens is 210 g/mol. The topological polar surface area (TPSA) is 77.8 Å². The van der Waals surface area contributed by atoms with E-state index in [1.54, 1.807) is 4.90 Å². The Kier molecular flexibility index (Phi) is 5.25. The summed E-state index contributed by atoms with van der Waals surface area (Å²) in [5, 5.41) is 17.2. The highest BCUT2D eigenvalue weighted by molar-refractivity contribution is 5.77. The van der Waals surface area contributed by atoms with E-state index in [4.69, 9.17) is 10.2 Å². The maximum Gasteiger partial charge on any atom is 0.303 e. The molecule has 1 aliphatic heterocycles. The zero-order chi connectivity index (χ0) is 12.0. The number of carbonyl (C=O) groups excluding carboxylic acids is 1. The van der Waals surface area contributed by atoms with Crippen molar-refractivity contribution in [2.75, 3.05) is 19.7 Å². The van der Waals surface area contributed by atoms with E-state index in [-0.39, 0.29) is 18.9 Å². The minimum atomic E-state index is -0.854. The number of hydrogen-bond donors (Lipinski definition) is 2. The van der Waals surface area contributed by atoms with Gasteiger partial charge in [0.1, 0.15) is 0 Å². The standard InChI is InChI=1S/C11H19NO4/c13-7-5-9-4-6-12(8-9)10(14)2-1-3-11(15)16/h9,13H,1-8H2,(H,15,16). The van der Waals surface area contributed by atoms with Gasteiger partial charge in [-0.15, -0.1) is 0 Å². The van der Waals surface area contributed by atoms with Gasteiger partial charge in [-0.25, -0.2) is 0 Å². The van der Waals surface area contributed by atoms with Gasteiger partial charge in [0.2, 0.25) is 5.91 Å². The van der Waals surface area contributed by atoms with Gasteiger partial charge in [-0.05, 0) is 25.2 Å². The molecule has 5 nitrogen and oxygen atoms in total. The molecule has 1 unspecified atom stereocenters. The van der Waals surface area contributed by atoms with E-state index in [1.807, 2.05) is 0 Å². The van der Waals surface area contributed by atoms with Crippen LogP contribution in [0, 0.1) is 5.92 Å². The van der Waals surface area contributed by atoms with E-state index in [9.17, 15) is 9.59 Å². The number of hydrogen-bond acceptors (Lipinski definition) is 3. The molecule has 0 bridgehead atoms. The van der Waals surface area contributed by atoms with E-state index in [0.717, 1.165) is 19.4 Å². The molecule has 0 aliphatic carbocycles. The Hall–Kier alpha value is -1.10. The highest BCUT2D eigenvalue weighted by Gasteiger charge is 2.25. The van der Waals surface area contributed by atoms with Crippen LogP contribution in [-0.4, -0.2) is 46.7 Å². The summed E-state index contributed by atoms with van der Waals surface area (Å²) in [6.07, 6.45) is 2.48. The van der Waals surface area contributed by atoms with Crippen molar-refractivity contribution < 1.29 is 19.8 Å². The lowest BCUT2D eigenvalue weighted by molar-refractivity contribution is -0.137. The average Bonchev–Trinajstić information content (AvgIpc) is 2.66. The number of carboxylic acids is 1. The second-order valence-electron chi connectivity index (χ2n) is 4.25. The Morgan fingerprint density at radius 3 is 2.69 bits per heavy atom. The summed E-state index contributed by atoms with van der Waals surface area (Å²) in [6.45, 7) is 1.63. The SMILES string of the molecule is O=C(O)CCCC(=O)N1CCC(CCO)C1. The third-order valence-corrected chi connectivity index (χ3v) is 2.96. The number of aliphatic hydroxyl groups excluding tert-OH is 1. The van der Waals surface area contributed by atoms with Crippen molar-refractivity contribution in [2.24, 2.45) is 5.92 Å². The molecule has 0 spiro atoms. The molecule has 5 heteroatoms. The van der Waals surface area contributed by atoms with Crippen LogP contribution in [0.15, 0.2) is 0 Å². The smallest absolute Gasteiger partial charge is 0.303 e. The van der Waals surface area contributed by atoms with Gasteiger partial charge in [-0.2, -0.15) is 0 Å². The molecule has 0 saturated carbocycles. The largest absolute Gasteiger partial charge is 0.481 e. The van der Waals surface area contributed by atoms with Gasteiger partial charge in [0, 0.05) is 32.5 Å². The molecule has 92 valence electrons. The number of aliphatic hydroxyl groups is 1. The molecule has 0 radical (unpaired) electrons. The van der Waals surface area contributed by atoms with Gasteiger partial charge >= 0.3 is 5.97 Å². The molecule has 2 N–H and O–H groups in total. The monoisotopic (exact) mass is 229 g/mol. The Bertz CT molecular complexity index is 254.